The summed E-state index contributed by atoms with van der Waals surface area (Å²) in [5.41, 5.74) is 0.198. The number of rotatable bonds is 3. The van der Waals surface area contributed by atoms with E-state index in [2.05, 4.69) is 0 Å². The van der Waals surface area contributed by atoms with Crippen molar-refractivity contribution in [1.29, 1.82) is 0 Å². The van der Waals surface area contributed by atoms with E-state index in [0.29, 0.717) is 17.1 Å². The first-order valence-electron chi connectivity index (χ1n) is 6.76. The lowest BCUT2D eigenvalue weighted by molar-refractivity contribution is 0.0695. The largest absolute Gasteiger partial charge is 0.477 e. The number of fused-ring (bicyclic) bond motifs is 1. The van der Waals surface area contributed by atoms with Crippen LogP contribution in [0.25, 0.3) is 10.9 Å². The molecule has 2 aromatic carbocycles. The Morgan fingerprint density at radius 2 is 2.00 bits per heavy atom. The van der Waals surface area contributed by atoms with Crippen LogP contribution in [0.15, 0.2) is 53.5 Å². The number of pyridine rings is 1. The fourth-order valence-electron chi connectivity index (χ4n) is 2.48. The van der Waals surface area contributed by atoms with Crippen molar-refractivity contribution in [2.75, 3.05) is 0 Å². The maximum Gasteiger partial charge on any atom is 0.341 e. The highest BCUT2D eigenvalue weighted by Crippen LogP contribution is 2.17. The van der Waals surface area contributed by atoms with Crippen LogP contribution >= 0.6 is 11.6 Å². The average Bonchev–Trinajstić information content (AvgIpc) is 2.50. The molecule has 0 bridgehead atoms. The smallest absolute Gasteiger partial charge is 0.341 e. The number of aromatic nitrogens is 1. The molecule has 4 nitrogen and oxygen atoms in total. The van der Waals surface area contributed by atoms with E-state index < -0.39 is 22.8 Å². The van der Waals surface area contributed by atoms with Crippen LogP contribution in [0.2, 0.25) is 5.02 Å². The number of hydrogen-bond acceptors (Lipinski definition) is 2. The van der Waals surface area contributed by atoms with Gasteiger partial charge >= 0.3 is 5.97 Å². The molecule has 1 N–H and O–H groups in total. The molecule has 0 saturated heterocycles. The van der Waals surface area contributed by atoms with Crippen LogP contribution < -0.4 is 5.43 Å². The second kappa shape index (κ2) is 5.85. The van der Waals surface area contributed by atoms with Crippen LogP contribution in [-0.2, 0) is 6.54 Å². The monoisotopic (exact) mass is 331 g/mol. The van der Waals surface area contributed by atoms with E-state index in [4.69, 9.17) is 11.6 Å². The minimum absolute atomic E-state index is 0.0342. The van der Waals surface area contributed by atoms with Crippen molar-refractivity contribution in [1.82, 2.24) is 4.57 Å². The minimum Gasteiger partial charge on any atom is -0.477 e. The van der Waals surface area contributed by atoms with Gasteiger partial charge in [-0.2, -0.15) is 0 Å². The molecule has 3 rings (SSSR count). The molecule has 23 heavy (non-hydrogen) atoms. The first kappa shape index (κ1) is 15.2. The van der Waals surface area contributed by atoms with Crippen LogP contribution in [0, 0.1) is 5.82 Å². The molecule has 0 radical (unpaired) electrons. The van der Waals surface area contributed by atoms with Crippen molar-refractivity contribution < 1.29 is 14.3 Å². The van der Waals surface area contributed by atoms with Crippen LogP contribution in [0.4, 0.5) is 4.39 Å². The highest BCUT2D eigenvalue weighted by molar-refractivity contribution is 6.30. The third-order valence-corrected chi connectivity index (χ3v) is 3.75. The fraction of sp³-hybridized carbons (Fsp3) is 0.0588. The SMILES string of the molecule is O=C(O)c1cn(Cc2cccc(Cl)c2)c2ccc(F)cc2c1=O. The first-order chi connectivity index (χ1) is 11.0. The third-order valence-electron chi connectivity index (χ3n) is 3.51. The quantitative estimate of drug-likeness (QED) is 0.798. The molecule has 0 saturated carbocycles. The molecule has 0 amide bonds. The molecule has 0 spiro atoms. The van der Waals surface area contributed by atoms with Gasteiger partial charge in [0.2, 0.25) is 5.43 Å². The van der Waals surface area contributed by atoms with Gasteiger partial charge in [-0.3, -0.25) is 4.79 Å². The standard InChI is InChI=1S/C17H11ClFNO3/c18-11-3-1-2-10(6-11)8-20-9-14(17(22)23)16(21)13-7-12(19)4-5-15(13)20/h1-7,9H,8H2,(H,22,23). The summed E-state index contributed by atoms with van der Waals surface area (Å²) in [6, 6.07) is 10.8. The van der Waals surface area contributed by atoms with Gasteiger partial charge in [-0.15, -0.1) is 0 Å². The van der Waals surface area contributed by atoms with Gasteiger partial charge in [0.15, 0.2) is 0 Å². The highest BCUT2D eigenvalue weighted by Gasteiger charge is 2.15. The van der Waals surface area contributed by atoms with Crippen molar-refractivity contribution in [3.63, 3.8) is 0 Å². The summed E-state index contributed by atoms with van der Waals surface area (Å²) in [7, 11) is 0. The van der Waals surface area contributed by atoms with Gasteiger partial charge in [0, 0.05) is 23.2 Å². The van der Waals surface area contributed by atoms with Gasteiger partial charge in [0.25, 0.3) is 0 Å². The summed E-state index contributed by atoms with van der Waals surface area (Å²) in [4.78, 5) is 23.5. The van der Waals surface area contributed by atoms with Crippen molar-refractivity contribution in [3.8, 4) is 0 Å². The summed E-state index contributed by atoms with van der Waals surface area (Å²) in [6.45, 7) is 0.309. The summed E-state index contributed by atoms with van der Waals surface area (Å²) < 4.78 is 15.1. The lowest BCUT2D eigenvalue weighted by Crippen LogP contribution is -2.19. The summed E-state index contributed by atoms with van der Waals surface area (Å²) in [5, 5.41) is 9.79. The van der Waals surface area contributed by atoms with Crippen molar-refractivity contribution >= 4 is 28.5 Å². The third kappa shape index (κ3) is 2.96. The fourth-order valence-corrected chi connectivity index (χ4v) is 2.70. The average molecular weight is 332 g/mol. The predicted molar refractivity (Wildman–Crippen MR) is 85.7 cm³/mol. The Labute approximate surface area is 135 Å². The number of carboxylic acids is 1. The molecule has 3 aromatic rings. The van der Waals surface area contributed by atoms with Crippen molar-refractivity contribution in [2.24, 2.45) is 0 Å². The van der Waals surface area contributed by atoms with Gasteiger partial charge < -0.3 is 9.67 Å². The Morgan fingerprint density at radius 1 is 1.22 bits per heavy atom. The predicted octanol–water partition coefficient (Wildman–Crippen LogP) is 3.54. The molecular weight excluding hydrogens is 321 g/mol. The lowest BCUT2D eigenvalue weighted by Gasteiger charge is -2.13. The van der Waals surface area contributed by atoms with E-state index in [1.165, 1.54) is 18.3 Å². The molecule has 0 aliphatic rings. The van der Waals surface area contributed by atoms with E-state index >= 15 is 0 Å². The van der Waals surface area contributed by atoms with Crippen LogP contribution in [0.5, 0.6) is 0 Å². The molecule has 0 atom stereocenters. The van der Waals surface area contributed by atoms with Gasteiger partial charge in [-0.05, 0) is 35.9 Å². The normalized spacial score (nSPS) is 10.9. The van der Waals surface area contributed by atoms with Crippen LogP contribution in [-0.4, -0.2) is 15.6 Å². The number of halogens is 2. The zero-order chi connectivity index (χ0) is 16.6. The number of nitrogens with zero attached hydrogens (tertiary/aromatic N) is 1. The second-order valence-corrected chi connectivity index (χ2v) is 5.53. The Balaban J connectivity index is 2.25. The van der Waals surface area contributed by atoms with E-state index in [-0.39, 0.29) is 5.39 Å². The number of benzene rings is 2. The van der Waals surface area contributed by atoms with Crippen molar-refractivity contribution in [3.05, 3.63) is 80.9 Å². The number of carbonyl (C=O) groups is 1. The minimum atomic E-state index is -1.35. The Kier molecular flexibility index (Phi) is 3.88. The highest BCUT2D eigenvalue weighted by atomic mass is 35.5. The molecular formula is C17H11ClFNO3. The molecule has 0 fully saturated rings. The zero-order valence-electron chi connectivity index (χ0n) is 11.8. The summed E-state index contributed by atoms with van der Waals surface area (Å²) in [5.74, 6) is -1.94. The van der Waals surface area contributed by atoms with E-state index in [9.17, 15) is 19.1 Å². The Morgan fingerprint density at radius 3 is 2.70 bits per heavy atom. The Hall–Kier alpha value is -2.66. The number of carboxylic acid groups (broad SMARTS) is 1. The molecule has 0 unspecified atom stereocenters. The lowest BCUT2D eigenvalue weighted by atomic mass is 10.1. The molecule has 6 heteroatoms. The first-order valence-corrected chi connectivity index (χ1v) is 7.14. The molecule has 1 heterocycles. The van der Waals surface area contributed by atoms with Crippen molar-refractivity contribution in [2.45, 2.75) is 6.54 Å². The molecule has 0 aliphatic heterocycles. The summed E-state index contributed by atoms with van der Waals surface area (Å²) in [6.07, 6.45) is 1.27. The van der Waals surface area contributed by atoms with E-state index in [0.717, 1.165) is 11.6 Å². The van der Waals surface area contributed by atoms with Crippen LogP contribution in [0.3, 0.4) is 0 Å². The van der Waals surface area contributed by atoms with Gasteiger partial charge in [0.1, 0.15) is 11.4 Å². The zero-order valence-corrected chi connectivity index (χ0v) is 12.5. The molecule has 1 aromatic heterocycles. The van der Waals surface area contributed by atoms with E-state index in [1.54, 1.807) is 22.8 Å². The maximum atomic E-state index is 13.4. The van der Waals surface area contributed by atoms with Gasteiger partial charge in [-0.1, -0.05) is 23.7 Å². The summed E-state index contributed by atoms with van der Waals surface area (Å²) >= 11 is 5.95. The molecule has 0 aliphatic carbocycles. The van der Waals surface area contributed by atoms with E-state index in [1.807, 2.05) is 6.07 Å². The molecule has 116 valence electrons. The number of hydrogen-bond donors (Lipinski definition) is 1. The Bertz CT molecular complexity index is 981. The van der Waals surface area contributed by atoms with Gasteiger partial charge in [0.05, 0.1) is 5.52 Å². The van der Waals surface area contributed by atoms with Crippen LogP contribution in [0.1, 0.15) is 15.9 Å². The number of aromatic carboxylic acids is 1. The van der Waals surface area contributed by atoms with Gasteiger partial charge in [-0.25, -0.2) is 9.18 Å². The topological polar surface area (TPSA) is 59.3 Å². The maximum absolute atomic E-state index is 13.4. The second-order valence-electron chi connectivity index (χ2n) is 5.10.